The van der Waals surface area contributed by atoms with Crippen LogP contribution >= 0.6 is 0 Å². The lowest BCUT2D eigenvalue weighted by atomic mass is 10.1. The van der Waals surface area contributed by atoms with Gasteiger partial charge in [-0.25, -0.2) is 9.07 Å². The summed E-state index contributed by atoms with van der Waals surface area (Å²) in [7, 11) is 1.72. The van der Waals surface area contributed by atoms with Crippen molar-refractivity contribution in [1.29, 1.82) is 0 Å². The van der Waals surface area contributed by atoms with E-state index in [1.807, 2.05) is 25.1 Å². The Morgan fingerprint density at radius 1 is 1.08 bits per heavy atom. The average molecular weight is 334 g/mol. The minimum Gasteiger partial charge on any atom is -0.318 e. The monoisotopic (exact) mass is 334 g/mol. The third kappa shape index (κ3) is 2.42. The minimum atomic E-state index is -0.357. The van der Waals surface area contributed by atoms with Crippen molar-refractivity contribution < 1.29 is 4.39 Å². The average Bonchev–Trinajstić information content (AvgIpc) is 3.00. The van der Waals surface area contributed by atoms with E-state index in [4.69, 9.17) is 0 Å². The summed E-state index contributed by atoms with van der Waals surface area (Å²) in [6, 6.07) is 13.9. The minimum absolute atomic E-state index is 0.0456. The highest BCUT2D eigenvalue weighted by Crippen LogP contribution is 2.26. The Labute approximate surface area is 143 Å². The number of hydrogen-bond acceptors (Lipinski definition) is 3. The molecular formula is C19H15FN4O. The number of halogens is 1. The van der Waals surface area contributed by atoms with Gasteiger partial charge in [-0.3, -0.25) is 4.79 Å². The van der Waals surface area contributed by atoms with Gasteiger partial charge >= 0.3 is 0 Å². The zero-order valence-corrected chi connectivity index (χ0v) is 13.8. The Morgan fingerprint density at radius 3 is 2.68 bits per heavy atom. The zero-order chi connectivity index (χ0) is 17.6. The number of para-hydroxylation sites is 1. The number of pyridine rings is 1. The van der Waals surface area contributed by atoms with Crippen LogP contribution in [0.5, 0.6) is 0 Å². The molecule has 0 aliphatic heterocycles. The molecule has 2 aromatic heterocycles. The molecule has 25 heavy (non-hydrogen) atoms. The molecule has 124 valence electrons. The van der Waals surface area contributed by atoms with Crippen molar-refractivity contribution in [3.8, 4) is 16.9 Å². The normalized spacial score (nSPS) is 11.2. The number of aryl methyl sites for hydroxylation is 1. The first-order valence-corrected chi connectivity index (χ1v) is 7.83. The first kappa shape index (κ1) is 15.3. The van der Waals surface area contributed by atoms with E-state index in [2.05, 4.69) is 10.3 Å². The molecule has 0 atom stereocenters. The molecular weight excluding hydrogens is 319 g/mol. The van der Waals surface area contributed by atoms with Crippen LogP contribution in [0.4, 0.5) is 4.39 Å². The third-order valence-corrected chi connectivity index (χ3v) is 4.33. The molecule has 4 aromatic rings. The molecule has 0 fully saturated rings. The van der Waals surface area contributed by atoms with Crippen LogP contribution in [0, 0.1) is 12.7 Å². The van der Waals surface area contributed by atoms with Crippen LogP contribution in [-0.4, -0.2) is 19.6 Å². The van der Waals surface area contributed by atoms with E-state index in [0.29, 0.717) is 16.8 Å². The van der Waals surface area contributed by atoms with Crippen molar-refractivity contribution in [1.82, 2.24) is 19.6 Å². The van der Waals surface area contributed by atoms with Gasteiger partial charge in [0.05, 0.1) is 5.69 Å². The van der Waals surface area contributed by atoms with E-state index >= 15 is 0 Å². The summed E-state index contributed by atoms with van der Waals surface area (Å²) in [5.41, 5.74) is 2.53. The first-order chi connectivity index (χ1) is 12.1. The van der Waals surface area contributed by atoms with E-state index in [0.717, 1.165) is 16.6 Å². The fourth-order valence-corrected chi connectivity index (χ4v) is 2.94. The summed E-state index contributed by atoms with van der Waals surface area (Å²) in [6.07, 6.45) is 1.73. The molecule has 2 aromatic carbocycles. The topological polar surface area (TPSA) is 52.7 Å². The van der Waals surface area contributed by atoms with Crippen LogP contribution < -0.4 is 5.56 Å². The summed E-state index contributed by atoms with van der Waals surface area (Å²) >= 11 is 0. The van der Waals surface area contributed by atoms with Crippen molar-refractivity contribution in [2.75, 3.05) is 0 Å². The summed E-state index contributed by atoms with van der Waals surface area (Å²) in [6.45, 7) is 1.84. The van der Waals surface area contributed by atoms with E-state index < -0.39 is 0 Å². The van der Waals surface area contributed by atoms with Gasteiger partial charge in [-0.2, -0.15) is 0 Å². The highest BCUT2D eigenvalue weighted by molar-refractivity contribution is 5.86. The Kier molecular flexibility index (Phi) is 3.46. The second kappa shape index (κ2) is 5.66. The maximum atomic E-state index is 14.0. The van der Waals surface area contributed by atoms with Crippen LogP contribution in [0.25, 0.3) is 27.7 Å². The number of benzene rings is 2. The lowest BCUT2D eigenvalue weighted by Crippen LogP contribution is -2.15. The molecule has 0 saturated carbocycles. The largest absolute Gasteiger partial charge is 0.318 e. The van der Waals surface area contributed by atoms with Crippen molar-refractivity contribution in [3.05, 3.63) is 76.6 Å². The Hall–Kier alpha value is -3.28. The van der Waals surface area contributed by atoms with E-state index in [9.17, 15) is 9.18 Å². The SMILES string of the molecule is Cc1c(-c2ccc3c(=O)n(C)ccc3c2)nnn1-c1ccccc1F. The van der Waals surface area contributed by atoms with Gasteiger partial charge in [-0.1, -0.05) is 23.4 Å². The predicted molar refractivity (Wildman–Crippen MR) is 94.2 cm³/mol. The number of rotatable bonds is 2. The maximum absolute atomic E-state index is 14.0. The van der Waals surface area contributed by atoms with Gasteiger partial charge < -0.3 is 4.57 Å². The third-order valence-electron chi connectivity index (χ3n) is 4.33. The van der Waals surface area contributed by atoms with Gasteiger partial charge in [-0.05, 0) is 42.6 Å². The second-order valence-corrected chi connectivity index (χ2v) is 5.92. The number of hydrogen-bond donors (Lipinski definition) is 0. The lowest BCUT2D eigenvalue weighted by Gasteiger charge is -2.06. The number of aromatic nitrogens is 4. The molecule has 2 heterocycles. The summed E-state index contributed by atoms with van der Waals surface area (Å²) in [5.74, 6) is -0.357. The maximum Gasteiger partial charge on any atom is 0.258 e. The Morgan fingerprint density at radius 2 is 1.88 bits per heavy atom. The van der Waals surface area contributed by atoms with Crippen LogP contribution in [-0.2, 0) is 7.05 Å². The molecule has 0 bridgehead atoms. The molecule has 0 radical (unpaired) electrons. The summed E-state index contributed by atoms with van der Waals surface area (Å²) < 4.78 is 17.1. The van der Waals surface area contributed by atoms with Crippen molar-refractivity contribution in [2.24, 2.45) is 7.05 Å². The molecule has 0 N–H and O–H groups in total. The quantitative estimate of drug-likeness (QED) is 0.565. The van der Waals surface area contributed by atoms with Gasteiger partial charge in [0, 0.05) is 24.2 Å². The first-order valence-electron chi connectivity index (χ1n) is 7.83. The van der Waals surface area contributed by atoms with Gasteiger partial charge in [0.2, 0.25) is 0 Å². The Bertz CT molecular complexity index is 1160. The summed E-state index contributed by atoms with van der Waals surface area (Å²) in [5, 5.41) is 9.79. The van der Waals surface area contributed by atoms with E-state index in [1.165, 1.54) is 10.7 Å². The Balaban J connectivity index is 1.86. The van der Waals surface area contributed by atoms with Crippen LogP contribution in [0.2, 0.25) is 0 Å². The van der Waals surface area contributed by atoms with Gasteiger partial charge in [0.25, 0.3) is 5.56 Å². The molecule has 4 rings (SSSR count). The smallest absolute Gasteiger partial charge is 0.258 e. The highest BCUT2D eigenvalue weighted by atomic mass is 19.1. The molecule has 5 nitrogen and oxygen atoms in total. The molecule has 0 spiro atoms. The van der Waals surface area contributed by atoms with Crippen molar-refractivity contribution >= 4 is 10.8 Å². The highest BCUT2D eigenvalue weighted by Gasteiger charge is 2.15. The fourth-order valence-electron chi connectivity index (χ4n) is 2.94. The fraction of sp³-hybridized carbons (Fsp3) is 0.105. The zero-order valence-electron chi connectivity index (χ0n) is 13.8. The van der Waals surface area contributed by atoms with Crippen LogP contribution in [0.15, 0.2) is 59.5 Å². The van der Waals surface area contributed by atoms with Crippen LogP contribution in [0.3, 0.4) is 0 Å². The van der Waals surface area contributed by atoms with Crippen molar-refractivity contribution in [2.45, 2.75) is 6.92 Å². The number of nitrogens with zero attached hydrogens (tertiary/aromatic N) is 4. The lowest BCUT2D eigenvalue weighted by molar-refractivity contribution is 0.604. The standard InChI is InChI=1S/C19H15FN4O/c1-12-18(21-22-24(12)17-6-4-3-5-16(17)20)14-7-8-15-13(11-14)9-10-23(2)19(15)25/h3-11H,1-2H3. The second-order valence-electron chi connectivity index (χ2n) is 5.92. The van der Waals surface area contributed by atoms with Crippen molar-refractivity contribution in [3.63, 3.8) is 0 Å². The summed E-state index contributed by atoms with van der Waals surface area (Å²) in [4.78, 5) is 12.2. The molecule has 0 saturated heterocycles. The van der Waals surface area contributed by atoms with Gasteiger partial charge in [0.15, 0.2) is 0 Å². The number of fused-ring (bicyclic) bond motifs is 1. The van der Waals surface area contributed by atoms with E-state index in [1.54, 1.807) is 42.1 Å². The molecule has 6 heteroatoms. The molecule has 0 aliphatic carbocycles. The van der Waals surface area contributed by atoms with Gasteiger partial charge in [-0.15, -0.1) is 5.10 Å². The van der Waals surface area contributed by atoms with Gasteiger partial charge in [0.1, 0.15) is 17.2 Å². The van der Waals surface area contributed by atoms with Crippen LogP contribution in [0.1, 0.15) is 5.69 Å². The molecule has 0 aliphatic rings. The molecule has 0 amide bonds. The molecule has 0 unspecified atom stereocenters. The van der Waals surface area contributed by atoms with E-state index in [-0.39, 0.29) is 11.4 Å². The predicted octanol–water partition coefficient (Wildman–Crippen LogP) is 3.23.